The number of furan rings is 1. The summed E-state index contributed by atoms with van der Waals surface area (Å²) in [6.45, 7) is 2.21. The Morgan fingerprint density at radius 1 is 1.67 bits per heavy atom. The van der Waals surface area contributed by atoms with E-state index in [1.54, 1.807) is 6.26 Å². The quantitative estimate of drug-likeness (QED) is 0.753. The Morgan fingerprint density at radius 2 is 2.53 bits per heavy atom. The van der Waals surface area contributed by atoms with Crippen molar-refractivity contribution in [2.75, 3.05) is 0 Å². The van der Waals surface area contributed by atoms with E-state index >= 15 is 0 Å². The van der Waals surface area contributed by atoms with Crippen molar-refractivity contribution in [1.29, 1.82) is 5.26 Å². The second-order valence-corrected chi connectivity index (χ2v) is 4.67. The molecule has 1 saturated carbocycles. The lowest BCUT2D eigenvalue weighted by Crippen LogP contribution is -2.17. The van der Waals surface area contributed by atoms with Gasteiger partial charge in [-0.15, -0.1) is 0 Å². The SMILES string of the molecule is CCC1CCC(C#N)(Cc2ccco2)C1. The molecule has 80 valence electrons. The van der Waals surface area contributed by atoms with Crippen LogP contribution in [0, 0.1) is 22.7 Å². The lowest BCUT2D eigenvalue weighted by atomic mass is 9.82. The average Bonchev–Trinajstić information content (AvgIpc) is 2.88. The Morgan fingerprint density at radius 3 is 3.07 bits per heavy atom. The standard InChI is InChI=1S/C13H17NO/c1-2-11-5-6-13(8-11,10-14)9-12-4-3-7-15-12/h3-4,7,11H,2,5-6,8-9H2,1H3. The van der Waals surface area contributed by atoms with Crippen LogP contribution in [0.2, 0.25) is 0 Å². The Kier molecular flexibility index (Phi) is 2.81. The fourth-order valence-electron chi connectivity index (χ4n) is 2.63. The molecule has 2 heteroatoms. The lowest BCUT2D eigenvalue weighted by Gasteiger charge is -2.19. The number of nitriles is 1. The van der Waals surface area contributed by atoms with Gasteiger partial charge < -0.3 is 4.42 Å². The van der Waals surface area contributed by atoms with Crippen LogP contribution in [0.25, 0.3) is 0 Å². The lowest BCUT2D eigenvalue weighted by molar-refractivity contribution is 0.346. The molecule has 2 atom stereocenters. The zero-order valence-electron chi connectivity index (χ0n) is 9.20. The Labute approximate surface area is 90.9 Å². The molecular weight excluding hydrogens is 186 g/mol. The first-order valence-corrected chi connectivity index (χ1v) is 5.71. The van der Waals surface area contributed by atoms with Crippen molar-refractivity contribution in [1.82, 2.24) is 0 Å². The molecule has 1 aliphatic carbocycles. The first kappa shape index (κ1) is 10.3. The van der Waals surface area contributed by atoms with E-state index in [1.807, 2.05) is 12.1 Å². The van der Waals surface area contributed by atoms with Crippen molar-refractivity contribution in [3.8, 4) is 6.07 Å². The summed E-state index contributed by atoms with van der Waals surface area (Å²) in [6, 6.07) is 6.39. The molecule has 2 unspecified atom stereocenters. The predicted molar refractivity (Wildman–Crippen MR) is 58.1 cm³/mol. The third-order valence-corrected chi connectivity index (χ3v) is 3.62. The third kappa shape index (κ3) is 2.07. The van der Waals surface area contributed by atoms with Gasteiger partial charge in [-0.05, 0) is 37.3 Å². The molecule has 2 rings (SSSR count). The maximum atomic E-state index is 9.34. The van der Waals surface area contributed by atoms with Crippen molar-refractivity contribution >= 4 is 0 Å². The predicted octanol–water partition coefficient (Wildman–Crippen LogP) is 3.54. The van der Waals surface area contributed by atoms with Crippen LogP contribution in [0.3, 0.4) is 0 Å². The van der Waals surface area contributed by atoms with E-state index in [4.69, 9.17) is 4.42 Å². The molecule has 0 aromatic carbocycles. The molecule has 1 aromatic heterocycles. The maximum Gasteiger partial charge on any atom is 0.105 e. The van der Waals surface area contributed by atoms with Crippen LogP contribution in [0.1, 0.15) is 38.4 Å². The van der Waals surface area contributed by atoms with Gasteiger partial charge in [-0.25, -0.2) is 0 Å². The van der Waals surface area contributed by atoms with Crippen LogP contribution in [0.15, 0.2) is 22.8 Å². The monoisotopic (exact) mass is 203 g/mol. The van der Waals surface area contributed by atoms with Gasteiger partial charge >= 0.3 is 0 Å². The van der Waals surface area contributed by atoms with Crippen molar-refractivity contribution in [3.05, 3.63) is 24.2 Å². The highest BCUT2D eigenvalue weighted by molar-refractivity contribution is 5.11. The van der Waals surface area contributed by atoms with Crippen LogP contribution in [-0.2, 0) is 6.42 Å². The van der Waals surface area contributed by atoms with Crippen LogP contribution >= 0.6 is 0 Å². The summed E-state index contributed by atoms with van der Waals surface area (Å²) < 4.78 is 5.34. The number of rotatable bonds is 3. The molecule has 1 fully saturated rings. The topological polar surface area (TPSA) is 36.9 Å². The molecule has 1 aliphatic rings. The highest BCUT2D eigenvalue weighted by Gasteiger charge is 2.39. The smallest absolute Gasteiger partial charge is 0.105 e. The first-order valence-electron chi connectivity index (χ1n) is 5.71. The molecule has 2 nitrogen and oxygen atoms in total. The zero-order chi connectivity index (χ0) is 10.7. The fraction of sp³-hybridized carbons (Fsp3) is 0.615. The molecular formula is C13H17NO. The molecule has 0 saturated heterocycles. The summed E-state index contributed by atoms with van der Waals surface area (Å²) in [5, 5.41) is 9.34. The van der Waals surface area contributed by atoms with E-state index in [-0.39, 0.29) is 5.41 Å². The van der Waals surface area contributed by atoms with E-state index in [1.165, 1.54) is 12.8 Å². The summed E-state index contributed by atoms with van der Waals surface area (Å²) in [4.78, 5) is 0. The Bertz CT molecular complexity index is 349. The third-order valence-electron chi connectivity index (χ3n) is 3.62. The van der Waals surface area contributed by atoms with Crippen molar-refractivity contribution in [3.63, 3.8) is 0 Å². The summed E-state index contributed by atoms with van der Waals surface area (Å²) in [6.07, 6.45) is 6.94. The number of nitrogens with zero attached hydrogens (tertiary/aromatic N) is 1. The van der Waals surface area contributed by atoms with Gasteiger partial charge in [0.1, 0.15) is 5.76 Å². The van der Waals surface area contributed by atoms with Crippen molar-refractivity contribution in [2.24, 2.45) is 11.3 Å². The van der Waals surface area contributed by atoms with Crippen LogP contribution in [0.5, 0.6) is 0 Å². The second kappa shape index (κ2) is 4.10. The average molecular weight is 203 g/mol. The Balaban J connectivity index is 2.08. The molecule has 0 amide bonds. The highest BCUT2D eigenvalue weighted by Crippen LogP contribution is 2.44. The molecule has 0 N–H and O–H groups in total. The van der Waals surface area contributed by atoms with Crippen molar-refractivity contribution < 1.29 is 4.42 Å². The van der Waals surface area contributed by atoms with Gasteiger partial charge in [0.25, 0.3) is 0 Å². The van der Waals surface area contributed by atoms with E-state index < -0.39 is 0 Å². The van der Waals surface area contributed by atoms with Gasteiger partial charge in [0, 0.05) is 6.42 Å². The van der Waals surface area contributed by atoms with Gasteiger partial charge in [-0.1, -0.05) is 13.3 Å². The van der Waals surface area contributed by atoms with E-state index in [9.17, 15) is 5.26 Å². The van der Waals surface area contributed by atoms with Gasteiger partial charge in [-0.3, -0.25) is 0 Å². The largest absolute Gasteiger partial charge is 0.469 e. The molecule has 0 aliphatic heterocycles. The van der Waals surface area contributed by atoms with Crippen LogP contribution < -0.4 is 0 Å². The van der Waals surface area contributed by atoms with Crippen molar-refractivity contribution in [2.45, 2.75) is 39.0 Å². The van der Waals surface area contributed by atoms with Gasteiger partial charge in [0.05, 0.1) is 17.7 Å². The van der Waals surface area contributed by atoms with E-state index in [2.05, 4.69) is 13.0 Å². The van der Waals surface area contributed by atoms with Gasteiger partial charge in [0.15, 0.2) is 0 Å². The molecule has 0 radical (unpaired) electrons. The first-order chi connectivity index (χ1) is 7.28. The molecule has 15 heavy (non-hydrogen) atoms. The zero-order valence-corrected chi connectivity index (χ0v) is 9.20. The molecule has 1 heterocycles. The summed E-state index contributed by atoms with van der Waals surface area (Å²) in [7, 11) is 0. The fourth-order valence-corrected chi connectivity index (χ4v) is 2.63. The summed E-state index contributed by atoms with van der Waals surface area (Å²) in [5.41, 5.74) is -0.154. The van der Waals surface area contributed by atoms with Crippen LogP contribution in [0.4, 0.5) is 0 Å². The molecule has 0 spiro atoms. The maximum absolute atomic E-state index is 9.34. The Hall–Kier alpha value is -1.23. The number of hydrogen-bond donors (Lipinski definition) is 0. The van der Waals surface area contributed by atoms with Gasteiger partial charge in [0.2, 0.25) is 0 Å². The number of hydrogen-bond acceptors (Lipinski definition) is 2. The molecule has 0 bridgehead atoms. The van der Waals surface area contributed by atoms with E-state index in [0.29, 0.717) is 0 Å². The normalized spacial score (nSPS) is 30.3. The van der Waals surface area contributed by atoms with Gasteiger partial charge in [-0.2, -0.15) is 5.26 Å². The minimum Gasteiger partial charge on any atom is -0.469 e. The molecule has 1 aromatic rings. The van der Waals surface area contributed by atoms with E-state index in [0.717, 1.165) is 30.9 Å². The summed E-state index contributed by atoms with van der Waals surface area (Å²) in [5.74, 6) is 1.69. The minimum absolute atomic E-state index is 0.154. The second-order valence-electron chi connectivity index (χ2n) is 4.67. The highest BCUT2D eigenvalue weighted by atomic mass is 16.3. The van der Waals surface area contributed by atoms with Crippen LogP contribution in [-0.4, -0.2) is 0 Å². The minimum atomic E-state index is -0.154. The summed E-state index contributed by atoms with van der Waals surface area (Å²) >= 11 is 0.